The number of hydrogen-bond donors (Lipinski definition) is 0. The third-order valence-corrected chi connectivity index (χ3v) is 7.96. The fourth-order valence-corrected chi connectivity index (χ4v) is 2.69. The lowest BCUT2D eigenvalue weighted by Gasteiger charge is -2.38. The topological polar surface area (TPSA) is 26.3 Å². The molecule has 2 nitrogen and oxygen atoms in total. The van der Waals surface area contributed by atoms with Crippen molar-refractivity contribution >= 4 is 14.6 Å². The van der Waals surface area contributed by atoms with Crippen molar-refractivity contribution in [3.05, 3.63) is 12.2 Å². The molecule has 0 radical (unpaired) electrons. The third kappa shape index (κ3) is 6.17. The number of allylic oxidation sites excluding steroid dienone is 1. The van der Waals surface area contributed by atoms with Crippen LogP contribution in [0.3, 0.4) is 0 Å². The summed E-state index contributed by atoms with van der Waals surface area (Å²) in [6, 6.07) is 0. The molecule has 0 saturated carbocycles. The minimum atomic E-state index is -1.76. The van der Waals surface area contributed by atoms with Crippen LogP contribution in [0.25, 0.3) is 0 Å². The second-order valence-corrected chi connectivity index (χ2v) is 10.8. The van der Waals surface area contributed by atoms with Crippen molar-refractivity contribution in [2.75, 3.05) is 0 Å². The molecule has 0 heterocycles. The molecule has 0 aromatic rings. The average Bonchev–Trinajstić information content (AvgIpc) is 2.16. The zero-order chi connectivity index (χ0) is 13.5. The number of rotatable bonds is 7. The summed E-state index contributed by atoms with van der Waals surface area (Å²) in [7, 11) is -1.76. The molecule has 17 heavy (non-hydrogen) atoms. The zero-order valence-corrected chi connectivity index (χ0v) is 13.2. The summed E-state index contributed by atoms with van der Waals surface area (Å²) in [4.78, 5) is 10.7. The summed E-state index contributed by atoms with van der Waals surface area (Å²) in [6.45, 7) is 13.2. The van der Waals surface area contributed by atoms with Gasteiger partial charge >= 0.3 is 0 Å². The van der Waals surface area contributed by atoms with E-state index in [9.17, 15) is 4.79 Å². The Morgan fingerprint density at radius 3 is 2.18 bits per heavy atom. The van der Waals surface area contributed by atoms with Crippen molar-refractivity contribution < 1.29 is 9.22 Å². The van der Waals surface area contributed by atoms with Crippen LogP contribution in [0, 0.1) is 0 Å². The van der Waals surface area contributed by atoms with Crippen LogP contribution in [0.4, 0.5) is 0 Å². The quantitative estimate of drug-likeness (QED) is 0.385. The van der Waals surface area contributed by atoms with E-state index in [0.29, 0.717) is 6.42 Å². The molecule has 0 aliphatic carbocycles. The van der Waals surface area contributed by atoms with Crippen LogP contribution in [0.15, 0.2) is 12.2 Å². The molecule has 0 aliphatic rings. The fourth-order valence-electron chi connectivity index (χ4n) is 1.31. The predicted octanol–water partition coefficient (Wildman–Crippen LogP) is 4.32. The second kappa shape index (κ2) is 7.12. The molecule has 0 aliphatic heterocycles. The van der Waals surface area contributed by atoms with E-state index < -0.39 is 8.32 Å². The summed E-state index contributed by atoms with van der Waals surface area (Å²) < 4.78 is 6.25. The Balaban J connectivity index is 4.52. The van der Waals surface area contributed by atoms with Gasteiger partial charge in [-0.25, -0.2) is 0 Å². The standard InChI is InChI=1S/C14H28O2Si/c1-7-8-9-10-13(11-12-15)16-17(5,6)14(2,3)4/h8-9,12-13H,7,10-11H2,1-6H3/b9-8-. The predicted molar refractivity (Wildman–Crippen MR) is 76.8 cm³/mol. The summed E-state index contributed by atoms with van der Waals surface area (Å²) >= 11 is 0. The summed E-state index contributed by atoms with van der Waals surface area (Å²) in [6.07, 6.45) is 7.66. The molecule has 0 aromatic carbocycles. The highest BCUT2D eigenvalue weighted by Gasteiger charge is 2.38. The molecule has 0 aromatic heterocycles. The first-order valence-corrected chi connectivity index (χ1v) is 9.42. The lowest BCUT2D eigenvalue weighted by atomic mass is 10.2. The van der Waals surface area contributed by atoms with Gasteiger partial charge in [-0.05, 0) is 31.0 Å². The monoisotopic (exact) mass is 256 g/mol. The van der Waals surface area contributed by atoms with E-state index >= 15 is 0 Å². The van der Waals surface area contributed by atoms with Gasteiger partial charge in [-0.1, -0.05) is 39.8 Å². The van der Waals surface area contributed by atoms with Crippen molar-refractivity contribution in [3.63, 3.8) is 0 Å². The highest BCUT2D eigenvalue weighted by atomic mass is 28.4. The SMILES string of the molecule is CC/C=C\CC(CC=O)O[Si](C)(C)C(C)(C)C. The Morgan fingerprint density at radius 2 is 1.76 bits per heavy atom. The van der Waals surface area contributed by atoms with Crippen LogP contribution < -0.4 is 0 Å². The van der Waals surface area contributed by atoms with E-state index in [4.69, 9.17) is 4.43 Å². The lowest BCUT2D eigenvalue weighted by Crippen LogP contribution is -2.44. The molecule has 100 valence electrons. The van der Waals surface area contributed by atoms with Crippen molar-refractivity contribution in [1.29, 1.82) is 0 Å². The summed E-state index contributed by atoms with van der Waals surface area (Å²) in [5.41, 5.74) is 0. The van der Waals surface area contributed by atoms with Gasteiger partial charge < -0.3 is 9.22 Å². The van der Waals surface area contributed by atoms with E-state index in [1.165, 1.54) is 0 Å². The molecule has 0 fully saturated rings. The van der Waals surface area contributed by atoms with Crippen LogP contribution in [0.1, 0.15) is 47.0 Å². The fraction of sp³-hybridized carbons (Fsp3) is 0.786. The van der Waals surface area contributed by atoms with Gasteiger partial charge in [0.05, 0.1) is 6.10 Å². The minimum Gasteiger partial charge on any atom is -0.413 e. The highest BCUT2D eigenvalue weighted by molar-refractivity contribution is 6.74. The Labute approximate surface area is 108 Å². The zero-order valence-electron chi connectivity index (χ0n) is 12.2. The van der Waals surface area contributed by atoms with Crippen LogP contribution in [0.5, 0.6) is 0 Å². The molecule has 0 spiro atoms. The molecule has 0 bridgehead atoms. The lowest BCUT2D eigenvalue weighted by molar-refractivity contribution is -0.109. The van der Waals surface area contributed by atoms with Gasteiger partial charge in [0.15, 0.2) is 8.32 Å². The van der Waals surface area contributed by atoms with Crippen molar-refractivity contribution in [2.45, 2.75) is 71.2 Å². The van der Waals surface area contributed by atoms with Gasteiger partial charge in [0.1, 0.15) is 6.29 Å². The maximum absolute atomic E-state index is 10.7. The van der Waals surface area contributed by atoms with E-state index in [2.05, 4.69) is 52.9 Å². The Morgan fingerprint density at radius 1 is 1.18 bits per heavy atom. The first kappa shape index (κ1) is 16.6. The van der Waals surface area contributed by atoms with Crippen molar-refractivity contribution in [3.8, 4) is 0 Å². The van der Waals surface area contributed by atoms with E-state index in [-0.39, 0.29) is 11.1 Å². The van der Waals surface area contributed by atoms with Crippen LogP contribution >= 0.6 is 0 Å². The molecule has 1 unspecified atom stereocenters. The number of hydrogen-bond acceptors (Lipinski definition) is 2. The van der Waals surface area contributed by atoms with Crippen LogP contribution in [0.2, 0.25) is 18.1 Å². The first-order chi connectivity index (χ1) is 7.74. The molecule has 0 saturated heterocycles. The molecule has 1 atom stereocenters. The maximum Gasteiger partial charge on any atom is 0.192 e. The third-order valence-electron chi connectivity index (χ3n) is 3.43. The largest absolute Gasteiger partial charge is 0.413 e. The highest BCUT2D eigenvalue weighted by Crippen LogP contribution is 2.37. The van der Waals surface area contributed by atoms with Gasteiger partial charge in [-0.3, -0.25) is 0 Å². The molecule has 0 amide bonds. The second-order valence-electron chi connectivity index (χ2n) is 6.02. The number of carbonyl (C=O) groups excluding carboxylic acids is 1. The normalized spacial score (nSPS) is 15.2. The van der Waals surface area contributed by atoms with E-state index in [1.54, 1.807) is 0 Å². The van der Waals surface area contributed by atoms with E-state index in [0.717, 1.165) is 19.1 Å². The van der Waals surface area contributed by atoms with E-state index in [1.807, 2.05) is 0 Å². The Kier molecular flexibility index (Phi) is 6.94. The molecular formula is C14H28O2Si. The van der Waals surface area contributed by atoms with Crippen LogP contribution in [-0.4, -0.2) is 20.7 Å². The Bertz CT molecular complexity index is 251. The maximum atomic E-state index is 10.7. The molecule has 3 heteroatoms. The van der Waals surface area contributed by atoms with Crippen molar-refractivity contribution in [1.82, 2.24) is 0 Å². The smallest absolute Gasteiger partial charge is 0.192 e. The average molecular weight is 256 g/mol. The summed E-state index contributed by atoms with van der Waals surface area (Å²) in [5, 5.41) is 0.197. The molecule has 0 N–H and O–H groups in total. The van der Waals surface area contributed by atoms with Gasteiger partial charge in [0.2, 0.25) is 0 Å². The van der Waals surface area contributed by atoms with Crippen molar-refractivity contribution in [2.24, 2.45) is 0 Å². The Hall–Kier alpha value is -0.413. The number of carbonyl (C=O) groups is 1. The van der Waals surface area contributed by atoms with Crippen LogP contribution in [-0.2, 0) is 9.22 Å². The first-order valence-electron chi connectivity index (χ1n) is 6.51. The van der Waals surface area contributed by atoms with Gasteiger partial charge in [-0.15, -0.1) is 0 Å². The summed E-state index contributed by atoms with van der Waals surface area (Å²) in [5.74, 6) is 0. The minimum absolute atomic E-state index is 0.0520. The molecule has 0 rings (SSSR count). The van der Waals surface area contributed by atoms with Gasteiger partial charge in [-0.2, -0.15) is 0 Å². The van der Waals surface area contributed by atoms with Gasteiger partial charge in [0, 0.05) is 6.42 Å². The number of aldehydes is 1. The molecular weight excluding hydrogens is 228 g/mol. The van der Waals surface area contributed by atoms with Gasteiger partial charge in [0.25, 0.3) is 0 Å².